The van der Waals surface area contributed by atoms with Gasteiger partial charge in [0.1, 0.15) is 0 Å². The Morgan fingerprint density at radius 1 is 0.960 bits per heavy atom. The molecule has 2 aromatic rings. The van der Waals surface area contributed by atoms with Gasteiger partial charge in [-0.3, -0.25) is 4.79 Å². The van der Waals surface area contributed by atoms with Gasteiger partial charge in [0.2, 0.25) is 5.91 Å². The van der Waals surface area contributed by atoms with Gasteiger partial charge in [0, 0.05) is 24.5 Å². The molecule has 1 fully saturated rings. The summed E-state index contributed by atoms with van der Waals surface area (Å²) in [6.07, 6.45) is 0. The molecule has 0 saturated carbocycles. The maximum atomic E-state index is 12.0. The summed E-state index contributed by atoms with van der Waals surface area (Å²) in [7, 11) is 0. The molecule has 4 N–H and O–H groups in total. The van der Waals surface area contributed by atoms with Gasteiger partial charge in [-0.2, -0.15) is 0 Å². The summed E-state index contributed by atoms with van der Waals surface area (Å²) >= 11 is 0. The van der Waals surface area contributed by atoms with Crippen LogP contribution in [0.4, 0.5) is 16.2 Å². The number of carbonyl (C=O) groups excluding carboxylic acids is 2. The van der Waals surface area contributed by atoms with E-state index < -0.39 is 0 Å². The van der Waals surface area contributed by atoms with Gasteiger partial charge in [-0.1, -0.05) is 30.3 Å². The van der Waals surface area contributed by atoms with Crippen molar-refractivity contribution >= 4 is 23.3 Å². The molecule has 0 bridgehead atoms. The maximum absolute atomic E-state index is 12.0. The van der Waals surface area contributed by atoms with E-state index in [0.29, 0.717) is 5.69 Å². The molecule has 0 aliphatic carbocycles. The van der Waals surface area contributed by atoms with E-state index in [1.54, 1.807) is 0 Å². The van der Waals surface area contributed by atoms with Gasteiger partial charge in [0.15, 0.2) is 0 Å². The fourth-order valence-electron chi connectivity index (χ4n) is 2.56. The van der Waals surface area contributed by atoms with Gasteiger partial charge in [0.05, 0.1) is 12.0 Å². The van der Waals surface area contributed by atoms with Crippen LogP contribution >= 0.6 is 0 Å². The minimum absolute atomic E-state index is 0.0692. The Balaban J connectivity index is 1.52. The quantitative estimate of drug-likeness (QED) is 0.676. The SMILES string of the molecule is CC(NC(=O)C1CNC1)c1ccc(NC(=O)Nc2ccccc2)cc1. The van der Waals surface area contributed by atoms with Crippen molar-refractivity contribution < 1.29 is 9.59 Å². The van der Waals surface area contributed by atoms with Gasteiger partial charge in [-0.05, 0) is 36.8 Å². The molecule has 25 heavy (non-hydrogen) atoms. The van der Waals surface area contributed by atoms with E-state index in [9.17, 15) is 9.59 Å². The van der Waals surface area contributed by atoms with Crippen LogP contribution in [0.15, 0.2) is 54.6 Å². The van der Waals surface area contributed by atoms with Crippen molar-refractivity contribution in [2.75, 3.05) is 23.7 Å². The topological polar surface area (TPSA) is 82.3 Å². The van der Waals surface area contributed by atoms with Crippen molar-refractivity contribution in [2.45, 2.75) is 13.0 Å². The number of hydrogen-bond donors (Lipinski definition) is 4. The molecule has 1 heterocycles. The average Bonchev–Trinajstić information content (AvgIpc) is 2.54. The minimum Gasteiger partial charge on any atom is -0.349 e. The molecule has 6 heteroatoms. The second-order valence-corrected chi connectivity index (χ2v) is 6.15. The molecular weight excluding hydrogens is 316 g/mol. The van der Waals surface area contributed by atoms with Crippen LogP contribution in [-0.4, -0.2) is 25.0 Å². The lowest BCUT2D eigenvalue weighted by Gasteiger charge is -2.27. The Morgan fingerprint density at radius 2 is 1.56 bits per heavy atom. The number of rotatable bonds is 5. The van der Waals surface area contributed by atoms with Gasteiger partial charge >= 0.3 is 6.03 Å². The number of benzene rings is 2. The molecule has 1 unspecified atom stereocenters. The molecule has 2 aromatic carbocycles. The smallest absolute Gasteiger partial charge is 0.323 e. The highest BCUT2D eigenvalue weighted by molar-refractivity contribution is 5.99. The van der Waals surface area contributed by atoms with E-state index in [1.807, 2.05) is 61.5 Å². The third-order valence-corrected chi connectivity index (χ3v) is 4.21. The highest BCUT2D eigenvalue weighted by atomic mass is 16.2. The molecule has 0 aromatic heterocycles. The zero-order chi connectivity index (χ0) is 17.6. The summed E-state index contributed by atoms with van der Waals surface area (Å²) in [5, 5.41) is 11.7. The fourth-order valence-corrected chi connectivity index (χ4v) is 2.56. The average molecular weight is 338 g/mol. The summed E-state index contributed by atoms with van der Waals surface area (Å²) < 4.78 is 0. The van der Waals surface area contributed by atoms with Crippen LogP contribution < -0.4 is 21.3 Å². The van der Waals surface area contributed by atoms with Crippen LogP contribution in [0.3, 0.4) is 0 Å². The van der Waals surface area contributed by atoms with Gasteiger partial charge in [-0.25, -0.2) is 4.79 Å². The predicted octanol–water partition coefficient (Wildman–Crippen LogP) is 2.73. The van der Waals surface area contributed by atoms with E-state index in [-0.39, 0.29) is 23.9 Å². The van der Waals surface area contributed by atoms with Crippen molar-refractivity contribution in [3.8, 4) is 0 Å². The summed E-state index contributed by atoms with van der Waals surface area (Å²) in [5.74, 6) is 0.153. The van der Waals surface area contributed by atoms with E-state index in [2.05, 4.69) is 21.3 Å². The van der Waals surface area contributed by atoms with Crippen molar-refractivity contribution in [1.29, 1.82) is 0 Å². The van der Waals surface area contributed by atoms with Crippen LogP contribution in [-0.2, 0) is 4.79 Å². The monoisotopic (exact) mass is 338 g/mol. The number of nitrogens with one attached hydrogen (secondary N) is 4. The number of anilines is 2. The van der Waals surface area contributed by atoms with E-state index in [0.717, 1.165) is 24.3 Å². The van der Waals surface area contributed by atoms with Gasteiger partial charge < -0.3 is 21.3 Å². The molecule has 3 amide bonds. The normalized spacial score (nSPS) is 14.9. The Morgan fingerprint density at radius 3 is 2.12 bits per heavy atom. The van der Waals surface area contributed by atoms with Crippen molar-refractivity contribution in [1.82, 2.24) is 10.6 Å². The second kappa shape index (κ2) is 7.81. The van der Waals surface area contributed by atoms with Crippen LogP contribution in [0.25, 0.3) is 0 Å². The lowest BCUT2D eigenvalue weighted by molar-refractivity contribution is -0.127. The molecule has 6 nitrogen and oxygen atoms in total. The molecule has 0 spiro atoms. The first-order valence-electron chi connectivity index (χ1n) is 8.36. The van der Waals surface area contributed by atoms with Gasteiger partial charge in [-0.15, -0.1) is 0 Å². The highest BCUT2D eigenvalue weighted by Crippen LogP contribution is 2.17. The summed E-state index contributed by atoms with van der Waals surface area (Å²) in [4.78, 5) is 24.0. The highest BCUT2D eigenvalue weighted by Gasteiger charge is 2.25. The van der Waals surface area contributed by atoms with E-state index in [4.69, 9.17) is 0 Å². The number of hydrogen-bond acceptors (Lipinski definition) is 3. The largest absolute Gasteiger partial charge is 0.349 e. The second-order valence-electron chi connectivity index (χ2n) is 6.15. The van der Waals surface area contributed by atoms with Crippen LogP contribution in [0.5, 0.6) is 0 Å². The van der Waals surface area contributed by atoms with E-state index in [1.165, 1.54) is 0 Å². The zero-order valence-corrected chi connectivity index (χ0v) is 14.1. The number of amides is 3. The third kappa shape index (κ3) is 4.58. The lowest BCUT2D eigenvalue weighted by atomic mass is 10.0. The molecule has 0 radical (unpaired) electrons. The Hall–Kier alpha value is -2.86. The Kier molecular flexibility index (Phi) is 5.30. The Labute approximate surface area is 147 Å². The third-order valence-electron chi connectivity index (χ3n) is 4.21. The molecule has 1 saturated heterocycles. The Bertz CT molecular complexity index is 727. The number of urea groups is 1. The van der Waals surface area contributed by atoms with Crippen molar-refractivity contribution in [3.63, 3.8) is 0 Å². The standard InChI is InChI=1S/C19H22N4O2/c1-13(21-18(24)15-11-20-12-15)14-7-9-17(10-8-14)23-19(25)22-16-5-3-2-4-6-16/h2-10,13,15,20H,11-12H2,1H3,(H,21,24)(H2,22,23,25). The van der Waals surface area contributed by atoms with Gasteiger partial charge in [0.25, 0.3) is 0 Å². The molecular formula is C19H22N4O2. The molecule has 130 valence electrons. The predicted molar refractivity (Wildman–Crippen MR) is 98.4 cm³/mol. The molecule has 1 aliphatic heterocycles. The zero-order valence-electron chi connectivity index (χ0n) is 14.1. The molecule has 3 rings (SSSR count). The fraction of sp³-hybridized carbons (Fsp3) is 0.263. The van der Waals surface area contributed by atoms with Crippen LogP contribution in [0, 0.1) is 5.92 Å². The first-order valence-corrected chi connectivity index (χ1v) is 8.36. The molecule has 1 atom stereocenters. The lowest BCUT2D eigenvalue weighted by Crippen LogP contribution is -2.51. The van der Waals surface area contributed by atoms with Crippen LogP contribution in [0.2, 0.25) is 0 Å². The first-order chi connectivity index (χ1) is 12.1. The minimum atomic E-state index is -0.294. The number of carbonyl (C=O) groups is 2. The first kappa shape index (κ1) is 17.0. The summed E-state index contributed by atoms with van der Waals surface area (Å²) in [6.45, 7) is 3.45. The summed E-state index contributed by atoms with van der Waals surface area (Å²) in [6, 6.07) is 16.4. The maximum Gasteiger partial charge on any atom is 0.323 e. The summed E-state index contributed by atoms with van der Waals surface area (Å²) in [5.41, 5.74) is 2.42. The van der Waals surface area contributed by atoms with Crippen LogP contribution in [0.1, 0.15) is 18.5 Å². The van der Waals surface area contributed by atoms with Crippen molar-refractivity contribution in [2.24, 2.45) is 5.92 Å². The molecule has 1 aliphatic rings. The number of para-hydroxylation sites is 1. The van der Waals surface area contributed by atoms with E-state index >= 15 is 0 Å². The van der Waals surface area contributed by atoms with Crippen molar-refractivity contribution in [3.05, 3.63) is 60.2 Å².